The molecular formula is C21H21N5O3. The van der Waals surface area contributed by atoms with Crippen LogP contribution in [0.15, 0.2) is 36.8 Å². The molecule has 1 aliphatic rings. The van der Waals surface area contributed by atoms with Crippen molar-refractivity contribution in [1.82, 2.24) is 15.0 Å². The van der Waals surface area contributed by atoms with E-state index in [4.69, 9.17) is 10.5 Å². The number of rotatable bonds is 5. The average molecular weight is 391 g/mol. The van der Waals surface area contributed by atoms with Crippen LogP contribution in [0, 0.1) is 18.8 Å². The second kappa shape index (κ2) is 7.46. The zero-order valence-electron chi connectivity index (χ0n) is 16.2. The average Bonchev–Trinajstić information content (AvgIpc) is 3.46. The van der Waals surface area contributed by atoms with Crippen LogP contribution < -0.4 is 11.1 Å². The molecule has 1 amide bonds. The highest BCUT2D eigenvalue weighted by molar-refractivity contribution is 5.98. The standard InChI is InChI=1S/C21H21N5O3/c1-11-3-4-23-8-16(11)18-6-13-7-19(24-9-17(13)20(22)25-18)26-21(28)15-5-14(15)10-29-12(2)27/h3-4,6-9,14-15H,5,10H2,1-2H3,(H2,22,25)(H,24,26,28)/t14-,15+/m0/s1. The van der Waals surface area contributed by atoms with Crippen molar-refractivity contribution < 1.29 is 14.3 Å². The Morgan fingerprint density at radius 1 is 1.31 bits per heavy atom. The first-order valence-electron chi connectivity index (χ1n) is 9.34. The molecule has 8 nitrogen and oxygen atoms in total. The van der Waals surface area contributed by atoms with Gasteiger partial charge < -0.3 is 15.8 Å². The van der Waals surface area contributed by atoms with Gasteiger partial charge in [-0.2, -0.15) is 0 Å². The first-order valence-corrected chi connectivity index (χ1v) is 9.34. The molecule has 3 aromatic heterocycles. The molecule has 29 heavy (non-hydrogen) atoms. The summed E-state index contributed by atoms with van der Waals surface area (Å²) in [6.45, 7) is 3.62. The summed E-state index contributed by atoms with van der Waals surface area (Å²) in [5.74, 6) is 0.259. The number of nitrogens with zero attached hydrogens (tertiary/aromatic N) is 3. The number of amides is 1. The first kappa shape index (κ1) is 18.8. The molecule has 0 saturated heterocycles. The van der Waals surface area contributed by atoms with Gasteiger partial charge in [0, 0.05) is 48.3 Å². The van der Waals surface area contributed by atoms with Crippen LogP contribution in [0.4, 0.5) is 11.6 Å². The Morgan fingerprint density at radius 2 is 2.14 bits per heavy atom. The topological polar surface area (TPSA) is 120 Å². The number of hydrogen-bond donors (Lipinski definition) is 2. The van der Waals surface area contributed by atoms with Gasteiger partial charge in [-0.25, -0.2) is 9.97 Å². The summed E-state index contributed by atoms with van der Waals surface area (Å²) in [4.78, 5) is 36.3. The van der Waals surface area contributed by atoms with Crippen molar-refractivity contribution in [3.63, 3.8) is 0 Å². The quantitative estimate of drug-likeness (QED) is 0.642. The zero-order chi connectivity index (χ0) is 20.5. The molecule has 8 heteroatoms. The number of aromatic nitrogens is 3. The number of nitrogens with two attached hydrogens (primary N) is 1. The van der Waals surface area contributed by atoms with Crippen molar-refractivity contribution in [3.8, 4) is 11.3 Å². The van der Waals surface area contributed by atoms with Crippen molar-refractivity contribution in [2.45, 2.75) is 20.3 Å². The molecular weight excluding hydrogens is 370 g/mol. The Kier molecular flexibility index (Phi) is 4.84. The number of esters is 1. The number of nitrogen functional groups attached to an aromatic ring is 1. The molecule has 3 N–H and O–H groups in total. The van der Waals surface area contributed by atoms with E-state index in [0.29, 0.717) is 29.1 Å². The number of aryl methyl sites for hydroxylation is 1. The largest absolute Gasteiger partial charge is 0.466 e. The Labute approximate surface area is 167 Å². The number of anilines is 2. The molecule has 0 spiro atoms. The number of carbonyl (C=O) groups excluding carboxylic acids is 2. The molecule has 0 aliphatic heterocycles. The second-order valence-corrected chi connectivity index (χ2v) is 7.27. The van der Waals surface area contributed by atoms with E-state index in [9.17, 15) is 9.59 Å². The summed E-state index contributed by atoms with van der Waals surface area (Å²) in [6, 6.07) is 5.61. The molecule has 1 saturated carbocycles. The lowest BCUT2D eigenvalue weighted by atomic mass is 10.1. The predicted molar refractivity (Wildman–Crippen MR) is 109 cm³/mol. The van der Waals surface area contributed by atoms with Crippen molar-refractivity contribution in [2.24, 2.45) is 11.8 Å². The fourth-order valence-electron chi connectivity index (χ4n) is 3.31. The van der Waals surface area contributed by atoms with Gasteiger partial charge in [0.1, 0.15) is 11.6 Å². The van der Waals surface area contributed by atoms with E-state index in [1.807, 2.05) is 19.1 Å². The lowest BCUT2D eigenvalue weighted by Crippen LogP contribution is -2.17. The van der Waals surface area contributed by atoms with Crippen LogP contribution >= 0.6 is 0 Å². The van der Waals surface area contributed by atoms with Gasteiger partial charge in [-0.05, 0) is 42.5 Å². The highest BCUT2D eigenvalue weighted by Crippen LogP contribution is 2.39. The third-order valence-corrected chi connectivity index (χ3v) is 5.07. The lowest BCUT2D eigenvalue weighted by molar-refractivity contribution is -0.141. The van der Waals surface area contributed by atoms with E-state index in [1.165, 1.54) is 6.92 Å². The minimum absolute atomic E-state index is 0.0689. The number of hydrogen-bond acceptors (Lipinski definition) is 7. The van der Waals surface area contributed by atoms with Gasteiger partial charge in [-0.3, -0.25) is 14.6 Å². The van der Waals surface area contributed by atoms with Gasteiger partial charge in [0.2, 0.25) is 5.91 Å². The Hall–Kier alpha value is -3.55. The van der Waals surface area contributed by atoms with E-state index in [0.717, 1.165) is 16.5 Å². The maximum absolute atomic E-state index is 12.4. The molecule has 3 heterocycles. The Balaban J connectivity index is 1.55. The number of nitrogens with one attached hydrogen (secondary N) is 1. The maximum atomic E-state index is 12.4. The van der Waals surface area contributed by atoms with Crippen molar-refractivity contribution >= 4 is 34.3 Å². The van der Waals surface area contributed by atoms with Crippen molar-refractivity contribution in [2.75, 3.05) is 17.7 Å². The molecule has 0 unspecified atom stereocenters. The molecule has 4 rings (SSSR count). The fraction of sp³-hybridized carbons (Fsp3) is 0.286. The first-order chi connectivity index (χ1) is 13.9. The smallest absolute Gasteiger partial charge is 0.302 e. The molecule has 0 aromatic carbocycles. The molecule has 1 aliphatic carbocycles. The minimum atomic E-state index is -0.335. The summed E-state index contributed by atoms with van der Waals surface area (Å²) in [6.07, 6.45) is 5.79. The number of carbonyl (C=O) groups is 2. The van der Waals surface area contributed by atoms with E-state index >= 15 is 0 Å². The minimum Gasteiger partial charge on any atom is -0.466 e. The third-order valence-electron chi connectivity index (χ3n) is 5.07. The van der Waals surface area contributed by atoms with Gasteiger partial charge in [0.15, 0.2) is 0 Å². The fourth-order valence-corrected chi connectivity index (χ4v) is 3.31. The number of fused-ring (bicyclic) bond motifs is 1. The molecule has 0 radical (unpaired) electrons. The van der Waals surface area contributed by atoms with E-state index < -0.39 is 0 Å². The number of ether oxygens (including phenoxy) is 1. The summed E-state index contributed by atoms with van der Waals surface area (Å²) >= 11 is 0. The molecule has 148 valence electrons. The Bertz CT molecular complexity index is 1110. The van der Waals surface area contributed by atoms with Gasteiger partial charge in [0.25, 0.3) is 0 Å². The van der Waals surface area contributed by atoms with Gasteiger partial charge in [-0.1, -0.05) is 0 Å². The Morgan fingerprint density at radius 3 is 2.90 bits per heavy atom. The SMILES string of the molecule is CC(=O)OC[C@@H]1C[C@H]1C(=O)Nc1cc2cc(-c3cnccc3C)nc(N)c2cn1. The monoisotopic (exact) mass is 391 g/mol. The summed E-state index contributed by atoms with van der Waals surface area (Å²) < 4.78 is 4.97. The van der Waals surface area contributed by atoms with Crippen LogP contribution in [0.3, 0.4) is 0 Å². The van der Waals surface area contributed by atoms with E-state index in [-0.39, 0.29) is 30.3 Å². The van der Waals surface area contributed by atoms with E-state index in [1.54, 1.807) is 24.7 Å². The van der Waals surface area contributed by atoms with Crippen LogP contribution in [0.25, 0.3) is 22.0 Å². The summed E-state index contributed by atoms with van der Waals surface area (Å²) in [7, 11) is 0. The molecule has 2 atom stereocenters. The zero-order valence-corrected chi connectivity index (χ0v) is 16.2. The van der Waals surface area contributed by atoms with Gasteiger partial charge in [0.05, 0.1) is 12.3 Å². The lowest BCUT2D eigenvalue weighted by Gasteiger charge is -2.10. The van der Waals surface area contributed by atoms with Crippen LogP contribution in [-0.2, 0) is 14.3 Å². The van der Waals surface area contributed by atoms with E-state index in [2.05, 4.69) is 20.3 Å². The normalized spacial score (nSPS) is 17.7. The summed E-state index contributed by atoms with van der Waals surface area (Å²) in [5.41, 5.74) is 8.79. The van der Waals surface area contributed by atoms with Gasteiger partial charge >= 0.3 is 5.97 Å². The van der Waals surface area contributed by atoms with Crippen molar-refractivity contribution in [1.29, 1.82) is 0 Å². The molecule has 3 aromatic rings. The highest BCUT2D eigenvalue weighted by atomic mass is 16.5. The van der Waals surface area contributed by atoms with Crippen LogP contribution in [-0.4, -0.2) is 33.4 Å². The van der Waals surface area contributed by atoms with Crippen LogP contribution in [0.5, 0.6) is 0 Å². The second-order valence-electron chi connectivity index (χ2n) is 7.27. The maximum Gasteiger partial charge on any atom is 0.302 e. The number of pyridine rings is 3. The summed E-state index contributed by atoms with van der Waals surface area (Å²) in [5, 5.41) is 4.38. The van der Waals surface area contributed by atoms with Gasteiger partial charge in [-0.15, -0.1) is 0 Å². The highest BCUT2D eigenvalue weighted by Gasteiger charge is 2.43. The van der Waals surface area contributed by atoms with Crippen molar-refractivity contribution in [3.05, 3.63) is 42.4 Å². The molecule has 1 fully saturated rings. The predicted octanol–water partition coefficient (Wildman–Crippen LogP) is 2.72. The molecule has 0 bridgehead atoms. The third kappa shape index (κ3) is 4.01. The van der Waals surface area contributed by atoms with Crippen LogP contribution in [0.1, 0.15) is 18.9 Å². The van der Waals surface area contributed by atoms with Crippen LogP contribution in [0.2, 0.25) is 0 Å².